The zero-order valence-corrected chi connectivity index (χ0v) is 9.31. The SMILES string of the molecule is Nc1nc(NCCc2ccccc2)cc(=O)[nH]1. The fraction of sp³-hybridized carbons (Fsp3) is 0.167. The van der Waals surface area contributed by atoms with E-state index in [1.165, 1.54) is 11.6 Å². The van der Waals surface area contributed by atoms with Crippen LogP contribution in [-0.2, 0) is 6.42 Å². The summed E-state index contributed by atoms with van der Waals surface area (Å²) in [5.74, 6) is 0.627. The molecule has 1 heterocycles. The number of anilines is 2. The minimum atomic E-state index is -0.250. The molecule has 0 unspecified atom stereocenters. The summed E-state index contributed by atoms with van der Waals surface area (Å²) < 4.78 is 0. The molecule has 2 rings (SSSR count). The van der Waals surface area contributed by atoms with Gasteiger partial charge in [0, 0.05) is 12.6 Å². The molecule has 0 spiro atoms. The van der Waals surface area contributed by atoms with Gasteiger partial charge in [0.15, 0.2) is 0 Å². The van der Waals surface area contributed by atoms with Crippen LogP contribution in [0.1, 0.15) is 5.56 Å². The van der Waals surface area contributed by atoms with E-state index in [1.54, 1.807) is 0 Å². The molecular formula is C12H14N4O. The second-order valence-corrected chi connectivity index (χ2v) is 3.68. The summed E-state index contributed by atoms with van der Waals surface area (Å²) in [6, 6.07) is 11.5. The maximum Gasteiger partial charge on any atom is 0.254 e. The molecule has 0 amide bonds. The van der Waals surface area contributed by atoms with Crippen LogP contribution in [0.2, 0.25) is 0 Å². The van der Waals surface area contributed by atoms with Crippen molar-refractivity contribution in [3.8, 4) is 0 Å². The third kappa shape index (κ3) is 3.34. The van der Waals surface area contributed by atoms with Gasteiger partial charge in [-0.3, -0.25) is 9.78 Å². The normalized spacial score (nSPS) is 10.1. The molecule has 5 heteroatoms. The van der Waals surface area contributed by atoms with Crippen LogP contribution in [0.15, 0.2) is 41.2 Å². The Morgan fingerprint density at radius 2 is 2.06 bits per heavy atom. The zero-order chi connectivity index (χ0) is 12.1. The first-order valence-electron chi connectivity index (χ1n) is 5.39. The summed E-state index contributed by atoms with van der Waals surface area (Å²) in [5.41, 5.74) is 6.42. The predicted molar refractivity (Wildman–Crippen MR) is 67.9 cm³/mol. The molecule has 1 aromatic heterocycles. The summed E-state index contributed by atoms with van der Waals surface area (Å²) in [5, 5.41) is 3.06. The van der Waals surface area contributed by atoms with Crippen LogP contribution in [-0.4, -0.2) is 16.5 Å². The number of hydrogen-bond acceptors (Lipinski definition) is 4. The summed E-state index contributed by atoms with van der Waals surface area (Å²) in [4.78, 5) is 17.5. The van der Waals surface area contributed by atoms with Crippen LogP contribution >= 0.6 is 0 Å². The van der Waals surface area contributed by atoms with E-state index >= 15 is 0 Å². The first-order chi connectivity index (χ1) is 8.24. The summed E-state index contributed by atoms with van der Waals surface area (Å²) in [7, 11) is 0. The van der Waals surface area contributed by atoms with Crippen molar-refractivity contribution in [1.29, 1.82) is 0 Å². The van der Waals surface area contributed by atoms with Crippen LogP contribution in [0, 0.1) is 0 Å². The van der Waals surface area contributed by atoms with Gasteiger partial charge in [0.2, 0.25) is 5.95 Å². The lowest BCUT2D eigenvalue weighted by Gasteiger charge is -2.05. The Morgan fingerprint density at radius 3 is 2.76 bits per heavy atom. The van der Waals surface area contributed by atoms with Crippen LogP contribution in [0.5, 0.6) is 0 Å². The number of nitrogens with one attached hydrogen (secondary N) is 2. The monoisotopic (exact) mass is 230 g/mol. The maximum absolute atomic E-state index is 11.1. The van der Waals surface area contributed by atoms with Crippen LogP contribution < -0.4 is 16.6 Å². The Morgan fingerprint density at radius 1 is 1.29 bits per heavy atom. The highest BCUT2D eigenvalue weighted by molar-refractivity contribution is 5.37. The molecule has 4 N–H and O–H groups in total. The number of H-pyrrole nitrogens is 1. The van der Waals surface area contributed by atoms with Crippen molar-refractivity contribution in [3.05, 3.63) is 52.3 Å². The van der Waals surface area contributed by atoms with Gasteiger partial charge in [-0.25, -0.2) is 0 Å². The molecule has 0 saturated heterocycles. The molecule has 0 radical (unpaired) electrons. The van der Waals surface area contributed by atoms with Crippen molar-refractivity contribution in [3.63, 3.8) is 0 Å². The molecule has 0 fully saturated rings. The first kappa shape index (κ1) is 11.2. The van der Waals surface area contributed by atoms with Crippen molar-refractivity contribution in [2.24, 2.45) is 0 Å². The number of aromatic nitrogens is 2. The Hall–Kier alpha value is -2.30. The fourth-order valence-corrected chi connectivity index (χ4v) is 1.55. The number of nitrogens with two attached hydrogens (primary N) is 1. The van der Waals surface area contributed by atoms with E-state index in [0.717, 1.165) is 6.42 Å². The van der Waals surface area contributed by atoms with E-state index < -0.39 is 0 Å². The standard InChI is InChI=1S/C12H14N4O/c13-12-15-10(8-11(17)16-12)14-7-6-9-4-2-1-3-5-9/h1-5,8H,6-7H2,(H4,13,14,15,16,17). The molecule has 0 aliphatic rings. The number of nitrogen functional groups attached to an aromatic ring is 1. The summed E-state index contributed by atoms with van der Waals surface area (Å²) >= 11 is 0. The Bertz CT molecular complexity index is 536. The Labute approximate surface area is 98.7 Å². The van der Waals surface area contributed by atoms with Gasteiger partial charge in [-0.1, -0.05) is 30.3 Å². The quantitative estimate of drug-likeness (QED) is 0.731. The summed E-state index contributed by atoms with van der Waals surface area (Å²) in [6.45, 7) is 0.708. The molecule has 17 heavy (non-hydrogen) atoms. The van der Waals surface area contributed by atoms with Gasteiger partial charge in [0.25, 0.3) is 5.56 Å². The lowest BCUT2D eigenvalue weighted by molar-refractivity contribution is 0.997. The second-order valence-electron chi connectivity index (χ2n) is 3.68. The van der Waals surface area contributed by atoms with Gasteiger partial charge in [0.1, 0.15) is 5.82 Å². The van der Waals surface area contributed by atoms with E-state index in [1.807, 2.05) is 18.2 Å². The average Bonchev–Trinajstić information content (AvgIpc) is 2.29. The molecule has 0 aliphatic heterocycles. The van der Waals surface area contributed by atoms with Gasteiger partial charge in [-0.15, -0.1) is 0 Å². The van der Waals surface area contributed by atoms with Gasteiger partial charge in [-0.2, -0.15) is 4.98 Å². The lowest BCUT2D eigenvalue weighted by atomic mass is 10.1. The molecule has 0 bridgehead atoms. The third-order valence-electron chi connectivity index (χ3n) is 2.32. The minimum Gasteiger partial charge on any atom is -0.369 e. The highest BCUT2D eigenvalue weighted by Crippen LogP contribution is 2.02. The van der Waals surface area contributed by atoms with E-state index in [9.17, 15) is 4.79 Å². The van der Waals surface area contributed by atoms with Crippen molar-refractivity contribution in [2.75, 3.05) is 17.6 Å². The fourth-order valence-electron chi connectivity index (χ4n) is 1.55. The van der Waals surface area contributed by atoms with Gasteiger partial charge in [0.05, 0.1) is 0 Å². The largest absolute Gasteiger partial charge is 0.369 e. The molecular weight excluding hydrogens is 216 g/mol. The molecule has 1 aromatic carbocycles. The van der Waals surface area contributed by atoms with Crippen molar-refractivity contribution in [2.45, 2.75) is 6.42 Å². The lowest BCUT2D eigenvalue weighted by Crippen LogP contribution is -2.14. The third-order valence-corrected chi connectivity index (χ3v) is 2.32. The van der Waals surface area contributed by atoms with Crippen molar-refractivity contribution < 1.29 is 0 Å². The van der Waals surface area contributed by atoms with Gasteiger partial charge >= 0.3 is 0 Å². The second kappa shape index (κ2) is 5.16. The van der Waals surface area contributed by atoms with E-state index in [4.69, 9.17) is 5.73 Å². The van der Waals surface area contributed by atoms with Crippen molar-refractivity contribution >= 4 is 11.8 Å². The predicted octanol–water partition coefficient (Wildman–Crippen LogP) is 1.01. The van der Waals surface area contributed by atoms with Gasteiger partial charge in [-0.05, 0) is 12.0 Å². The molecule has 0 saturated carbocycles. The summed E-state index contributed by atoms with van der Waals surface area (Å²) in [6.07, 6.45) is 0.870. The smallest absolute Gasteiger partial charge is 0.254 e. The van der Waals surface area contributed by atoms with Crippen LogP contribution in [0.3, 0.4) is 0 Å². The molecule has 88 valence electrons. The molecule has 5 nitrogen and oxygen atoms in total. The Kier molecular flexibility index (Phi) is 3.40. The number of benzene rings is 1. The van der Waals surface area contributed by atoms with Crippen LogP contribution in [0.25, 0.3) is 0 Å². The van der Waals surface area contributed by atoms with Crippen molar-refractivity contribution in [1.82, 2.24) is 9.97 Å². The highest BCUT2D eigenvalue weighted by Gasteiger charge is 1.97. The molecule has 0 atom stereocenters. The number of aromatic amines is 1. The average molecular weight is 230 g/mol. The van der Waals surface area contributed by atoms with Crippen LogP contribution in [0.4, 0.5) is 11.8 Å². The highest BCUT2D eigenvalue weighted by atomic mass is 16.1. The minimum absolute atomic E-state index is 0.125. The maximum atomic E-state index is 11.1. The number of hydrogen-bond donors (Lipinski definition) is 3. The topological polar surface area (TPSA) is 83.8 Å². The molecule has 0 aliphatic carbocycles. The number of nitrogens with zero attached hydrogens (tertiary/aromatic N) is 1. The Balaban J connectivity index is 1.92. The zero-order valence-electron chi connectivity index (χ0n) is 9.31. The van der Waals surface area contributed by atoms with E-state index in [2.05, 4.69) is 27.4 Å². The first-order valence-corrected chi connectivity index (χ1v) is 5.39. The van der Waals surface area contributed by atoms with E-state index in [0.29, 0.717) is 12.4 Å². The van der Waals surface area contributed by atoms with Gasteiger partial charge < -0.3 is 11.1 Å². The number of rotatable bonds is 4. The van der Waals surface area contributed by atoms with E-state index in [-0.39, 0.29) is 11.5 Å². The molecule has 2 aromatic rings.